The van der Waals surface area contributed by atoms with Gasteiger partial charge in [-0.15, -0.1) is 0 Å². The number of rotatable bonds is 3. The lowest BCUT2D eigenvalue weighted by Crippen LogP contribution is -2.38. The van der Waals surface area contributed by atoms with Crippen molar-refractivity contribution in [1.82, 2.24) is 10.3 Å². The Hall–Kier alpha value is -2.04. The van der Waals surface area contributed by atoms with E-state index in [1.54, 1.807) is 6.07 Å². The summed E-state index contributed by atoms with van der Waals surface area (Å²) in [6.07, 6.45) is 2.06. The molecule has 1 unspecified atom stereocenters. The van der Waals surface area contributed by atoms with Crippen molar-refractivity contribution in [3.05, 3.63) is 35.8 Å². The lowest BCUT2D eigenvalue weighted by molar-refractivity contribution is 0.0508. The molecule has 0 saturated carbocycles. The van der Waals surface area contributed by atoms with E-state index in [-0.39, 0.29) is 11.9 Å². The van der Waals surface area contributed by atoms with E-state index in [0.29, 0.717) is 6.42 Å². The minimum atomic E-state index is -0.512. The van der Waals surface area contributed by atoms with Gasteiger partial charge in [-0.2, -0.15) is 0 Å². The Kier molecular flexibility index (Phi) is 4.21. The summed E-state index contributed by atoms with van der Waals surface area (Å²) in [6.45, 7) is 7.38. The smallest absolute Gasteiger partial charge is 0.407 e. The quantitative estimate of drug-likeness (QED) is 0.905. The summed E-state index contributed by atoms with van der Waals surface area (Å²) in [5.41, 5.74) is 1.28. The SMILES string of the molecule is CC(Cc1c[nH]c2cc(F)ccc12)NC(=O)OC(C)(C)C. The number of carbonyl (C=O) groups excluding carboxylic acids is 1. The van der Waals surface area contributed by atoms with Gasteiger partial charge in [0.1, 0.15) is 11.4 Å². The molecule has 5 heteroatoms. The van der Waals surface area contributed by atoms with Gasteiger partial charge in [-0.05, 0) is 57.9 Å². The minimum absolute atomic E-state index is 0.0797. The molecule has 1 aromatic heterocycles. The molecule has 0 aliphatic heterocycles. The molecule has 4 nitrogen and oxygen atoms in total. The molecule has 2 N–H and O–H groups in total. The van der Waals surface area contributed by atoms with E-state index in [2.05, 4.69) is 10.3 Å². The third-order valence-electron chi connectivity index (χ3n) is 3.02. The van der Waals surface area contributed by atoms with Gasteiger partial charge in [-0.25, -0.2) is 9.18 Å². The fourth-order valence-electron chi connectivity index (χ4n) is 2.22. The zero-order chi connectivity index (χ0) is 15.6. The topological polar surface area (TPSA) is 54.1 Å². The molecule has 2 aromatic rings. The van der Waals surface area contributed by atoms with Crippen LogP contribution in [0.5, 0.6) is 0 Å². The first-order chi connectivity index (χ1) is 9.74. The van der Waals surface area contributed by atoms with Crippen LogP contribution in [-0.4, -0.2) is 22.7 Å². The van der Waals surface area contributed by atoms with Gasteiger partial charge in [0, 0.05) is 23.1 Å². The molecule has 21 heavy (non-hydrogen) atoms. The van der Waals surface area contributed by atoms with Crippen molar-refractivity contribution in [1.29, 1.82) is 0 Å². The van der Waals surface area contributed by atoms with Crippen molar-refractivity contribution >= 4 is 17.0 Å². The number of fused-ring (bicyclic) bond motifs is 1. The van der Waals surface area contributed by atoms with Crippen LogP contribution in [0.1, 0.15) is 33.3 Å². The van der Waals surface area contributed by atoms with E-state index in [4.69, 9.17) is 4.74 Å². The molecular formula is C16H21FN2O2. The second-order valence-corrected chi connectivity index (χ2v) is 6.26. The van der Waals surface area contributed by atoms with E-state index in [1.807, 2.05) is 33.9 Å². The highest BCUT2D eigenvalue weighted by Gasteiger charge is 2.18. The Labute approximate surface area is 123 Å². The summed E-state index contributed by atoms with van der Waals surface area (Å²) in [5, 5.41) is 3.77. The lowest BCUT2D eigenvalue weighted by Gasteiger charge is -2.21. The number of hydrogen-bond acceptors (Lipinski definition) is 2. The summed E-state index contributed by atoms with van der Waals surface area (Å²) in [5.74, 6) is -0.268. The molecule has 0 aliphatic rings. The van der Waals surface area contributed by atoms with Gasteiger partial charge in [0.15, 0.2) is 0 Å². The molecule has 1 amide bonds. The lowest BCUT2D eigenvalue weighted by atomic mass is 10.1. The molecule has 0 spiro atoms. The first kappa shape index (κ1) is 15.4. The van der Waals surface area contributed by atoms with Crippen LogP contribution in [0.25, 0.3) is 10.9 Å². The van der Waals surface area contributed by atoms with Crippen molar-refractivity contribution < 1.29 is 13.9 Å². The number of aromatic nitrogens is 1. The van der Waals surface area contributed by atoms with Gasteiger partial charge in [-0.3, -0.25) is 0 Å². The van der Waals surface area contributed by atoms with Gasteiger partial charge >= 0.3 is 6.09 Å². The zero-order valence-electron chi connectivity index (χ0n) is 12.8. The number of halogens is 1. The predicted molar refractivity (Wildman–Crippen MR) is 80.8 cm³/mol. The molecule has 114 valence electrons. The Bertz CT molecular complexity index is 643. The zero-order valence-corrected chi connectivity index (χ0v) is 12.8. The molecule has 0 fully saturated rings. The Morgan fingerprint density at radius 3 is 2.81 bits per heavy atom. The number of aromatic amines is 1. The Balaban J connectivity index is 2.01. The molecule has 1 heterocycles. The highest BCUT2D eigenvalue weighted by molar-refractivity contribution is 5.83. The number of nitrogens with one attached hydrogen (secondary N) is 2. The van der Waals surface area contributed by atoms with Gasteiger partial charge in [-0.1, -0.05) is 0 Å². The molecule has 1 aromatic carbocycles. The maximum atomic E-state index is 13.1. The van der Waals surface area contributed by atoms with E-state index >= 15 is 0 Å². The molecule has 0 radical (unpaired) electrons. The third kappa shape index (κ3) is 4.21. The molecule has 0 aliphatic carbocycles. The summed E-state index contributed by atoms with van der Waals surface area (Å²) in [4.78, 5) is 14.8. The molecular weight excluding hydrogens is 271 g/mol. The van der Waals surface area contributed by atoms with E-state index in [1.165, 1.54) is 12.1 Å². The van der Waals surface area contributed by atoms with Crippen LogP contribution in [-0.2, 0) is 11.2 Å². The summed E-state index contributed by atoms with van der Waals surface area (Å²) in [7, 11) is 0. The number of H-pyrrole nitrogens is 1. The molecule has 1 atom stereocenters. The Morgan fingerprint density at radius 1 is 1.43 bits per heavy atom. The fraction of sp³-hybridized carbons (Fsp3) is 0.438. The average Bonchev–Trinajstić information content (AvgIpc) is 2.68. The second kappa shape index (κ2) is 5.76. The maximum absolute atomic E-state index is 13.1. The van der Waals surface area contributed by atoms with Crippen LogP contribution >= 0.6 is 0 Å². The standard InChI is InChI=1S/C16H21FN2O2/c1-10(19-15(20)21-16(2,3)4)7-11-9-18-14-8-12(17)5-6-13(11)14/h5-6,8-10,18H,7H2,1-4H3,(H,19,20). The van der Waals surface area contributed by atoms with Crippen molar-refractivity contribution in [2.75, 3.05) is 0 Å². The highest BCUT2D eigenvalue weighted by Crippen LogP contribution is 2.20. The number of benzene rings is 1. The van der Waals surface area contributed by atoms with Crippen LogP contribution in [0.3, 0.4) is 0 Å². The van der Waals surface area contributed by atoms with Crippen molar-refractivity contribution in [2.45, 2.75) is 45.8 Å². The summed E-state index contributed by atoms with van der Waals surface area (Å²) >= 11 is 0. The number of hydrogen-bond donors (Lipinski definition) is 2. The predicted octanol–water partition coefficient (Wildman–Crippen LogP) is 3.76. The van der Waals surface area contributed by atoms with Gasteiger partial charge in [0.25, 0.3) is 0 Å². The molecule has 0 saturated heterocycles. The van der Waals surface area contributed by atoms with E-state index in [9.17, 15) is 9.18 Å². The first-order valence-corrected chi connectivity index (χ1v) is 6.99. The first-order valence-electron chi connectivity index (χ1n) is 6.99. The second-order valence-electron chi connectivity index (χ2n) is 6.26. The largest absolute Gasteiger partial charge is 0.444 e. The monoisotopic (exact) mass is 292 g/mol. The summed E-state index contributed by atoms with van der Waals surface area (Å²) in [6, 6.07) is 4.57. The minimum Gasteiger partial charge on any atom is -0.444 e. The van der Waals surface area contributed by atoms with Crippen LogP contribution in [0.15, 0.2) is 24.4 Å². The van der Waals surface area contributed by atoms with E-state index < -0.39 is 11.7 Å². The molecule has 0 bridgehead atoms. The highest BCUT2D eigenvalue weighted by atomic mass is 19.1. The number of ether oxygens (including phenoxy) is 1. The van der Waals surface area contributed by atoms with Crippen molar-refractivity contribution in [2.24, 2.45) is 0 Å². The van der Waals surface area contributed by atoms with Gasteiger partial charge in [0.2, 0.25) is 0 Å². The van der Waals surface area contributed by atoms with Crippen molar-refractivity contribution in [3.8, 4) is 0 Å². The maximum Gasteiger partial charge on any atom is 0.407 e. The third-order valence-corrected chi connectivity index (χ3v) is 3.02. The van der Waals surface area contributed by atoms with Crippen LogP contribution in [0.4, 0.5) is 9.18 Å². The normalized spacial score (nSPS) is 13.2. The van der Waals surface area contributed by atoms with Crippen LogP contribution < -0.4 is 5.32 Å². The van der Waals surface area contributed by atoms with Gasteiger partial charge < -0.3 is 15.0 Å². The summed E-state index contributed by atoms with van der Waals surface area (Å²) < 4.78 is 18.4. The number of alkyl carbamates (subject to hydrolysis) is 1. The van der Waals surface area contributed by atoms with Gasteiger partial charge in [0.05, 0.1) is 0 Å². The number of amides is 1. The number of carbonyl (C=O) groups is 1. The fourth-order valence-corrected chi connectivity index (χ4v) is 2.22. The van der Waals surface area contributed by atoms with E-state index in [0.717, 1.165) is 16.5 Å². The Morgan fingerprint density at radius 2 is 2.14 bits per heavy atom. The van der Waals surface area contributed by atoms with Crippen LogP contribution in [0, 0.1) is 5.82 Å². The molecule has 2 rings (SSSR count). The van der Waals surface area contributed by atoms with Crippen LogP contribution in [0.2, 0.25) is 0 Å². The van der Waals surface area contributed by atoms with Crippen molar-refractivity contribution in [3.63, 3.8) is 0 Å². The average molecular weight is 292 g/mol.